The fraction of sp³-hybridized carbons (Fsp3) is 0.0833. The van der Waals surface area contributed by atoms with Crippen molar-refractivity contribution < 1.29 is 0 Å². The van der Waals surface area contributed by atoms with E-state index in [0.717, 1.165) is 11.4 Å². The Hall–Kier alpha value is -6.12. The summed E-state index contributed by atoms with van der Waals surface area (Å²) in [6.45, 7) is 14.3. The van der Waals surface area contributed by atoms with Crippen LogP contribution in [0.15, 0.2) is 182 Å². The van der Waals surface area contributed by atoms with Crippen LogP contribution in [0, 0.1) is 6.92 Å². The summed E-state index contributed by atoms with van der Waals surface area (Å²) in [5.41, 5.74) is 20.1. The van der Waals surface area contributed by atoms with Crippen molar-refractivity contribution in [3.63, 3.8) is 0 Å². The molecule has 0 spiro atoms. The molecule has 1 aliphatic rings. The molecule has 0 saturated heterocycles. The second-order valence-electron chi connectivity index (χ2n) is 13.3. The van der Waals surface area contributed by atoms with Crippen LogP contribution in [0.5, 0.6) is 0 Å². The number of rotatable bonds is 6. The van der Waals surface area contributed by atoms with Crippen molar-refractivity contribution >= 4 is 27.2 Å². The monoisotopic (exact) mass is 646 g/mol. The zero-order valence-electron chi connectivity index (χ0n) is 29.0. The molecule has 8 rings (SSSR count). The van der Waals surface area contributed by atoms with Crippen molar-refractivity contribution in [2.24, 2.45) is 5.73 Å². The molecule has 244 valence electrons. The van der Waals surface area contributed by atoms with Crippen molar-refractivity contribution in [2.75, 3.05) is 5.32 Å². The van der Waals surface area contributed by atoms with E-state index in [4.69, 9.17) is 5.73 Å². The molecular formula is C48H42N2. The first-order valence-corrected chi connectivity index (χ1v) is 17.1. The minimum absolute atomic E-state index is 0.0136. The van der Waals surface area contributed by atoms with Crippen LogP contribution in [-0.2, 0) is 5.41 Å². The number of anilines is 1. The van der Waals surface area contributed by atoms with Gasteiger partial charge in [0, 0.05) is 11.1 Å². The van der Waals surface area contributed by atoms with Gasteiger partial charge in [0.2, 0.25) is 0 Å². The normalized spacial score (nSPS) is 13.0. The van der Waals surface area contributed by atoms with Crippen molar-refractivity contribution in [1.29, 1.82) is 0 Å². The molecule has 0 saturated carbocycles. The highest BCUT2D eigenvalue weighted by Gasteiger charge is 2.36. The van der Waals surface area contributed by atoms with Crippen LogP contribution in [0.4, 0.5) is 5.69 Å². The summed E-state index contributed by atoms with van der Waals surface area (Å²) in [5, 5.41) is 8.48. The van der Waals surface area contributed by atoms with E-state index in [1.807, 2.05) is 30.3 Å². The van der Waals surface area contributed by atoms with Gasteiger partial charge in [-0.25, -0.2) is 0 Å². The van der Waals surface area contributed by atoms with Crippen LogP contribution < -0.4 is 11.1 Å². The van der Waals surface area contributed by atoms with Crippen molar-refractivity contribution in [3.05, 3.63) is 199 Å². The average molecular weight is 647 g/mol. The van der Waals surface area contributed by atoms with E-state index in [0.29, 0.717) is 5.70 Å². The molecule has 3 N–H and O–H groups in total. The van der Waals surface area contributed by atoms with Gasteiger partial charge < -0.3 is 11.1 Å². The minimum atomic E-state index is -0.0136. The van der Waals surface area contributed by atoms with E-state index in [-0.39, 0.29) is 5.41 Å². The highest BCUT2D eigenvalue weighted by molar-refractivity contribution is 6.17. The number of benzene rings is 7. The Bertz CT molecular complexity index is 2410. The van der Waals surface area contributed by atoms with Crippen LogP contribution >= 0.6 is 0 Å². The summed E-state index contributed by atoms with van der Waals surface area (Å²) in [5.74, 6) is 0. The van der Waals surface area contributed by atoms with E-state index in [2.05, 4.69) is 155 Å². The van der Waals surface area contributed by atoms with Gasteiger partial charge in [0.15, 0.2) is 0 Å². The Morgan fingerprint density at radius 2 is 1.14 bits per heavy atom. The molecule has 0 unspecified atom stereocenters. The molecule has 1 aliphatic carbocycles. The second kappa shape index (κ2) is 13.4. The Morgan fingerprint density at radius 3 is 1.82 bits per heavy atom. The zero-order valence-corrected chi connectivity index (χ0v) is 29.0. The summed E-state index contributed by atoms with van der Waals surface area (Å²) in [7, 11) is 0. The lowest BCUT2D eigenvalue weighted by Gasteiger charge is -2.23. The zero-order chi connectivity index (χ0) is 34.8. The first-order chi connectivity index (χ1) is 24.3. The molecule has 50 heavy (non-hydrogen) atoms. The lowest BCUT2D eigenvalue weighted by molar-refractivity contribution is 0.661. The van der Waals surface area contributed by atoms with Crippen LogP contribution in [0.25, 0.3) is 54.9 Å². The lowest BCUT2D eigenvalue weighted by atomic mass is 9.80. The smallest absolute Gasteiger partial charge is 0.0611 e. The third kappa shape index (κ3) is 5.69. The summed E-state index contributed by atoms with van der Waals surface area (Å²) >= 11 is 0. The van der Waals surface area contributed by atoms with Crippen LogP contribution in [-0.4, -0.2) is 0 Å². The maximum atomic E-state index is 5.70. The molecule has 0 aromatic heterocycles. The molecule has 0 amide bonds. The fourth-order valence-corrected chi connectivity index (χ4v) is 7.47. The van der Waals surface area contributed by atoms with Gasteiger partial charge in [0.05, 0.1) is 11.4 Å². The highest BCUT2D eigenvalue weighted by Crippen LogP contribution is 2.52. The van der Waals surface area contributed by atoms with Crippen molar-refractivity contribution in [3.8, 4) is 33.4 Å². The highest BCUT2D eigenvalue weighted by atomic mass is 14.9. The molecule has 2 nitrogen and oxygen atoms in total. The third-order valence-electron chi connectivity index (χ3n) is 10.1. The number of fused-ring (bicyclic) bond motifs is 5. The topological polar surface area (TPSA) is 38.0 Å². The van der Waals surface area contributed by atoms with Crippen LogP contribution in [0.1, 0.15) is 30.5 Å². The lowest BCUT2D eigenvalue weighted by Crippen LogP contribution is -2.14. The maximum absolute atomic E-state index is 5.70. The molecule has 7 aromatic rings. The van der Waals surface area contributed by atoms with Gasteiger partial charge in [-0.1, -0.05) is 148 Å². The molecule has 0 bridgehead atoms. The molecule has 0 heterocycles. The summed E-state index contributed by atoms with van der Waals surface area (Å²) in [6.07, 6.45) is 3.26. The largest absolute Gasteiger partial charge is 0.397 e. The number of aryl methyl sites for hydroxylation is 1. The quantitative estimate of drug-likeness (QED) is 0.139. The van der Waals surface area contributed by atoms with E-state index in [9.17, 15) is 0 Å². The Morgan fingerprint density at radius 1 is 0.560 bits per heavy atom. The first kappa shape index (κ1) is 32.4. The first-order valence-electron chi connectivity index (χ1n) is 17.1. The fourth-order valence-electron chi connectivity index (χ4n) is 7.47. The van der Waals surface area contributed by atoms with Gasteiger partial charge in [0.25, 0.3) is 0 Å². The van der Waals surface area contributed by atoms with Crippen LogP contribution in [0.3, 0.4) is 0 Å². The van der Waals surface area contributed by atoms with Crippen molar-refractivity contribution in [2.45, 2.75) is 26.2 Å². The summed E-state index contributed by atoms with van der Waals surface area (Å²) in [4.78, 5) is 0. The minimum Gasteiger partial charge on any atom is -0.397 e. The third-order valence-corrected chi connectivity index (χ3v) is 10.1. The molecule has 2 heteroatoms. The second-order valence-corrected chi connectivity index (χ2v) is 13.3. The summed E-state index contributed by atoms with van der Waals surface area (Å²) in [6, 6.07) is 52.3. The Balaban J connectivity index is 0.000000237. The van der Waals surface area contributed by atoms with Gasteiger partial charge in [-0.2, -0.15) is 0 Å². The predicted molar refractivity (Wildman–Crippen MR) is 216 cm³/mol. The maximum Gasteiger partial charge on any atom is 0.0611 e. The van der Waals surface area contributed by atoms with E-state index in [1.54, 1.807) is 12.2 Å². The van der Waals surface area contributed by atoms with Crippen molar-refractivity contribution in [1.82, 2.24) is 0 Å². The molecule has 0 fully saturated rings. The molecule has 0 aliphatic heterocycles. The molecule has 0 radical (unpaired) electrons. The number of hydrogen-bond acceptors (Lipinski definition) is 2. The number of nitrogens with two attached hydrogens (primary N) is 1. The van der Waals surface area contributed by atoms with Gasteiger partial charge >= 0.3 is 0 Å². The van der Waals surface area contributed by atoms with Gasteiger partial charge in [0.1, 0.15) is 0 Å². The number of nitrogens with one attached hydrogen (secondary N) is 1. The molecule has 7 aromatic carbocycles. The van der Waals surface area contributed by atoms with E-state index >= 15 is 0 Å². The van der Waals surface area contributed by atoms with Gasteiger partial charge in [-0.3, -0.25) is 0 Å². The molecule has 0 atom stereocenters. The van der Waals surface area contributed by atoms with Crippen LogP contribution in [0.2, 0.25) is 0 Å². The number of hydrogen-bond donors (Lipinski definition) is 2. The molecular weight excluding hydrogens is 605 g/mol. The van der Waals surface area contributed by atoms with Gasteiger partial charge in [-0.05, 0) is 115 Å². The number of para-hydroxylation sites is 1. The Kier molecular flexibility index (Phi) is 8.70. The van der Waals surface area contributed by atoms with E-state index < -0.39 is 0 Å². The van der Waals surface area contributed by atoms with E-state index in [1.165, 1.54) is 71.6 Å². The standard InChI is InChI=1S/C36H28.C12H14N2/c1-23-25-15-7-9-18-28(25)35(29-19-10-8-16-26(29)24-13-5-4-6-14-24)32-21-31-27-17-11-12-20-33(27)36(2,3)34(31)22-30(23)32;1-3-11(13)12(4-2)14-10-8-6-5-7-9-10/h4-22H,1-3H3;3-9,14H,1-2,13H2/b;12-11-. The SMILES string of the molecule is C=C/C(N)=C(\C=C)Nc1ccccc1.Cc1c2ccccc2c(-c2ccccc2-c2ccccc2)c2cc3c(cc12)C(C)(C)c1ccccc1-3. The average Bonchev–Trinajstić information content (AvgIpc) is 3.39. The summed E-state index contributed by atoms with van der Waals surface area (Å²) < 4.78 is 0. The Labute approximate surface area is 295 Å². The predicted octanol–water partition coefficient (Wildman–Crippen LogP) is 12.6. The number of allylic oxidation sites excluding steroid dienone is 2. The van der Waals surface area contributed by atoms with Gasteiger partial charge in [-0.15, -0.1) is 0 Å².